The fourth-order valence-electron chi connectivity index (χ4n) is 3.83. The lowest BCUT2D eigenvalue weighted by Gasteiger charge is -2.52. The lowest BCUT2D eigenvalue weighted by Crippen LogP contribution is -2.56. The lowest BCUT2D eigenvalue weighted by atomic mass is 9.73. The van der Waals surface area contributed by atoms with Crippen molar-refractivity contribution >= 4 is 11.7 Å². The zero-order chi connectivity index (χ0) is 14.2. The number of rotatable bonds is 2. The van der Waals surface area contributed by atoms with Gasteiger partial charge in [-0.25, -0.2) is 4.79 Å². The summed E-state index contributed by atoms with van der Waals surface area (Å²) in [6, 6.07) is 5.78. The maximum absolute atomic E-state index is 11.4. The van der Waals surface area contributed by atoms with Gasteiger partial charge in [0.15, 0.2) is 0 Å². The highest BCUT2D eigenvalue weighted by atomic mass is 16.4. The Balaban J connectivity index is 1.78. The number of benzene rings is 1. The minimum Gasteiger partial charge on any atom is -0.478 e. The van der Waals surface area contributed by atoms with E-state index in [9.17, 15) is 9.90 Å². The number of carboxylic acid groups (broad SMARTS) is 1. The Morgan fingerprint density at radius 3 is 2.40 bits per heavy atom. The summed E-state index contributed by atoms with van der Waals surface area (Å²) in [4.78, 5) is 13.7. The smallest absolute Gasteiger partial charge is 0.337 e. The van der Waals surface area contributed by atoms with Crippen molar-refractivity contribution in [2.75, 3.05) is 18.0 Å². The van der Waals surface area contributed by atoms with Crippen molar-refractivity contribution in [2.45, 2.75) is 45.4 Å². The molecule has 1 aromatic rings. The van der Waals surface area contributed by atoms with Gasteiger partial charge >= 0.3 is 5.97 Å². The van der Waals surface area contributed by atoms with E-state index in [-0.39, 0.29) is 0 Å². The summed E-state index contributed by atoms with van der Waals surface area (Å²) in [6.07, 6.45) is 8.05. The van der Waals surface area contributed by atoms with Crippen LogP contribution in [0.2, 0.25) is 0 Å². The van der Waals surface area contributed by atoms with Crippen molar-refractivity contribution in [1.29, 1.82) is 0 Å². The molecule has 108 valence electrons. The van der Waals surface area contributed by atoms with Gasteiger partial charge in [0.25, 0.3) is 0 Å². The summed E-state index contributed by atoms with van der Waals surface area (Å²) in [5.41, 5.74) is 2.83. The molecule has 2 aliphatic rings. The molecule has 3 rings (SSSR count). The van der Waals surface area contributed by atoms with Gasteiger partial charge in [0, 0.05) is 18.5 Å². The third-order valence-electron chi connectivity index (χ3n) is 4.94. The van der Waals surface area contributed by atoms with E-state index >= 15 is 0 Å². The maximum atomic E-state index is 11.4. The van der Waals surface area contributed by atoms with Gasteiger partial charge in [-0.05, 0) is 31.9 Å². The lowest BCUT2D eigenvalue weighted by molar-refractivity contribution is 0.0696. The topological polar surface area (TPSA) is 40.5 Å². The zero-order valence-electron chi connectivity index (χ0n) is 12.2. The van der Waals surface area contributed by atoms with Gasteiger partial charge in [-0.2, -0.15) is 0 Å². The highest BCUT2D eigenvalue weighted by Crippen LogP contribution is 2.45. The molecule has 0 aromatic heterocycles. The number of aryl methyl sites for hydroxylation is 1. The largest absolute Gasteiger partial charge is 0.478 e. The molecule has 1 spiro atoms. The summed E-state index contributed by atoms with van der Waals surface area (Å²) >= 11 is 0. The van der Waals surface area contributed by atoms with Crippen LogP contribution in [0.15, 0.2) is 18.2 Å². The molecule has 0 atom stereocenters. The Hall–Kier alpha value is -1.51. The molecule has 1 heterocycles. The monoisotopic (exact) mass is 273 g/mol. The van der Waals surface area contributed by atoms with Crippen LogP contribution < -0.4 is 4.90 Å². The number of hydrogen-bond acceptors (Lipinski definition) is 2. The number of hydrogen-bond donors (Lipinski definition) is 1. The SMILES string of the molecule is Cc1ccc(N2CC3(CCCCCC3)C2)c(C(=O)O)c1. The molecule has 0 unspecified atom stereocenters. The summed E-state index contributed by atoms with van der Waals surface area (Å²) < 4.78 is 0. The van der Waals surface area contributed by atoms with E-state index in [0.717, 1.165) is 24.3 Å². The van der Waals surface area contributed by atoms with Crippen LogP contribution in [-0.2, 0) is 0 Å². The average Bonchev–Trinajstić information content (AvgIpc) is 2.62. The summed E-state index contributed by atoms with van der Waals surface area (Å²) in [5, 5.41) is 9.38. The van der Waals surface area contributed by atoms with Crippen molar-refractivity contribution in [3.05, 3.63) is 29.3 Å². The molecule has 20 heavy (non-hydrogen) atoms. The normalized spacial score (nSPS) is 21.4. The maximum Gasteiger partial charge on any atom is 0.337 e. The summed E-state index contributed by atoms with van der Waals surface area (Å²) in [5.74, 6) is -0.814. The van der Waals surface area contributed by atoms with Gasteiger partial charge in [0.2, 0.25) is 0 Å². The van der Waals surface area contributed by atoms with Crippen LogP contribution in [0.3, 0.4) is 0 Å². The number of aromatic carboxylic acids is 1. The van der Waals surface area contributed by atoms with Crippen molar-refractivity contribution < 1.29 is 9.90 Å². The first kappa shape index (κ1) is 13.5. The molecule has 0 bridgehead atoms. The van der Waals surface area contributed by atoms with Gasteiger partial charge in [-0.3, -0.25) is 0 Å². The molecule has 0 radical (unpaired) electrons. The van der Waals surface area contributed by atoms with Crippen LogP contribution in [0.4, 0.5) is 5.69 Å². The van der Waals surface area contributed by atoms with Crippen molar-refractivity contribution in [3.8, 4) is 0 Å². The molecular formula is C17H23NO2. The van der Waals surface area contributed by atoms with Crippen molar-refractivity contribution in [1.82, 2.24) is 0 Å². The van der Waals surface area contributed by atoms with Gasteiger partial charge in [-0.15, -0.1) is 0 Å². The molecule has 0 amide bonds. The first-order valence-corrected chi connectivity index (χ1v) is 7.69. The molecule has 1 aliphatic carbocycles. The van der Waals surface area contributed by atoms with Crippen LogP contribution in [0.5, 0.6) is 0 Å². The van der Waals surface area contributed by atoms with E-state index in [1.54, 1.807) is 6.07 Å². The molecule has 3 nitrogen and oxygen atoms in total. The van der Waals surface area contributed by atoms with Gasteiger partial charge in [0.05, 0.1) is 11.3 Å². The van der Waals surface area contributed by atoms with Gasteiger partial charge < -0.3 is 10.0 Å². The predicted molar refractivity (Wildman–Crippen MR) is 80.5 cm³/mol. The van der Waals surface area contributed by atoms with Crippen LogP contribution >= 0.6 is 0 Å². The van der Waals surface area contributed by atoms with Crippen LogP contribution in [0.1, 0.15) is 54.4 Å². The second kappa shape index (κ2) is 5.12. The van der Waals surface area contributed by atoms with E-state index in [4.69, 9.17) is 0 Å². The highest BCUT2D eigenvalue weighted by molar-refractivity contribution is 5.95. The molecule has 1 aliphatic heterocycles. The Morgan fingerprint density at radius 2 is 1.80 bits per heavy atom. The van der Waals surface area contributed by atoms with Crippen LogP contribution in [-0.4, -0.2) is 24.2 Å². The highest BCUT2D eigenvalue weighted by Gasteiger charge is 2.43. The number of carboxylic acids is 1. The second-order valence-electron chi connectivity index (χ2n) is 6.60. The fraction of sp³-hybridized carbons (Fsp3) is 0.588. The zero-order valence-corrected chi connectivity index (χ0v) is 12.2. The molecule has 1 saturated heterocycles. The van der Waals surface area contributed by atoms with Crippen molar-refractivity contribution in [3.63, 3.8) is 0 Å². The molecular weight excluding hydrogens is 250 g/mol. The first-order chi connectivity index (χ1) is 9.60. The Bertz CT molecular complexity index is 508. The molecule has 1 aromatic carbocycles. The van der Waals surface area contributed by atoms with E-state index in [2.05, 4.69) is 4.90 Å². The molecule has 2 fully saturated rings. The Morgan fingerprint density at radius 1 is 1.15 bits per heavy atom. The van der Waals surface area contributed by atoms with Gasteiger partial charge in [-0.1, -0.05) is 37.3 Å². The van der Waals surface area contributed by atoms with E-state index in [0.29, 0.717) is 11.0 Å². The standard InChI is InChI=1S/C17H23NO2/c1-13-6-7-15(14(10-13)16(19)20)18-11-17(12-18)8-4-2-3-5-9-17/h6-7,10H,2-5,8-9,11-12H2,1H3,(H,19,20). The van der Waals surface area contributed by atoms with E-state index < -0.39 is 5.97 Å². The first-order valence-electron chi connectivity index (χ1n) is 7.69. The number of nitrogens with zero attached hydrogens (tertiary/aromatic N) is 1. The minimum absolute atomic E-state index is 0.452. The Kier molecular flexibility index (Phi) is 3.45. The van der Waals surface area contributed by atoms with Crippen LogP contribution in [0, 0.1) is 12.3 Å². The second-order valence-corrected chi connectivity index (χ2v) is 6.60. The fourth-order valence-corrected chi connectivity index (χ4v) is 3.83. The third-order valence-corrected chi connectivity index (χ3v) is 4.94. The van der Waals surface area contributed by atoms with E-state index in [1.807, 2.05) is 19.1 Å². The van der Waals surface area contributed by atoms with Crippen molar-refractivity contribution in [2.24, 2.45) is 5.41 Å². The number of anilines is 1. The summed E-state index contributed by atoms with van der Waals surface area (Å²) in [6.45, 7) is 4.02. The molecule has 1 N–H and O–H groups in total. The number of carbonyl (C=O) groups is 1. The molecule has 1 saturated carbocycles. The minimum atomic E-state index is -0.814. The summed E-state index contributed by atoms with van der Waals surface area (Å²) in [7, 11) is 0. The quantitative estimate of drug-likeness (QED) is 0.889. The van der Waals surface area contributed by atoms with E-state index in [1.165, 1.54) is 38.5 Å². The molecule has 3 heteroatoms. The van der Waals surface area contributed by atoms with Crippen LogP contribution in [0.25, 0.3) is 0 Å². The predicted octanol–water partition coefficient (Wildman–Crippen LogP) is 3.85. The average molecular weight is 273 g/mol. The van der Waals surface area contributed by atoms with Gasteiger partial charge in [0.1, 0.15) is 0 Å². The Labute approximate surface area is 120 Å². The third kappa shape index (κ3) is 2.41.